The molecule has 1 aliphatic rings. The van der Waals surface area contributed by atoms with E-state index in [-0.39, 0.29) is 47.9 Å². The molecule has 0 saturated carbocycles. The number of amides is 1. The summed E-state index contributed by atoms with van der Waals surface area (Å²) in [4.78, 5) is 16.3. The van der Waals surface area contributed by atoms with Gasteiger partial charge >= 0.3 is 0 Å². The number of aliphatic imine (C=N–C) groups is 1. The third-order valence-corrected chi connectivity index (χ3v) is 4.65. The molecular weight excluding hydrogens is 486 g/mol. The number of fused-ring (bicyclic) bond motifs is 1. The Morgan fingerprint density at radius 2 is 1.97 bits per heavy atom. The van der Waals surface area contributed by atoms with Crippen molar-refractivity contribution in [3.05, 3.63) is 65.5 Å². The van der Waals surface area contributed by atoms with Crippen LogP contribution < -0.4 is 16.0 Å². The first-order chi connectivity index (χ1) is 13.6. The Labute approximate surface area is 187 Å². The highest BCUT2D eigenvalue weighted by atomic mass is 127. The van der Waals surface area contributed by atoms with E-state index in [0.29, 0.717) is 25.5 Å². The van der Waals surface area contributed by atoms with Gasteiger partial charge in [0, 0.05) is 36.7 Å². The van der Waals surface area contributed by atoms with Crippen molar-refractivity contribution in [1.82, 2.24) is 10.6 Å². The summed E-state index contributed by atoms with van der Waals surface area (Å²) in [6.45, 7) is 3.13. The largest absolute Gasteiger partial charge is 0.386 e. The molecule has 4 N–H and O–H groups in total. The highest BCUT2D eigenvalue weighted by Gasteiger charge is 2.24. The summed E-state index contributed by atoms with van der Waals surface area (Å²) >= 11 is 0. The number of hydrogen-bond acceptors (Lipinski definition) is 3. The molecule has 6 nitrogen and oxygen atoms in total. The lowest BCUT2D eigenvalue weighted by molar-refractivity contribution is -0.116. The van der Waals surface area contributed by atoms with Crippen LogP contribution in [0.5, 0.6) is 0 Å². The zero-order valence-electron chi connectivity index (χ0n) is 16.2. The van der Waals surface area contributed by atoms with Crippen molar-refractivity contribution in [2.24, 2.45) is 4.99 Å². The molecule has 2 atom stereocenters. The van der Waals surface area contributed by atoms with Gasteiger partial charge in [-0.1, -0.05) is 36.4 Å². The number of guanidine groups is 1. The van der Waals surface area contributed by atoms with Crippen molar-refractivity contribution in [3.63, 3.8) is 0 Å². The Morgan fingerprint density at radius 3 is 2.72 bits per heavy atom. The number of aliphatic hydroxyl groups excluding tert-OH is 1. The predicted octanol–water partition coefficient (Wildman–Crippen LogP) is 3.16. The van der Waals surface area contributed by atoms with E-state index >= 15 is 0 Å². The molecule has 29 heavy (non-hydrogen) atoms. The highest BCUT2D eigenvalue weighted by molar-refractivity contribution is 14.0. The maximum absolute atomic E-state index is 13.8. The monoisotopic (exact) mass is 512 g/mol. The number of carbonyl (C=O) groups excluding carboxylic acids is 1. The maximum atomic E-state index is 13.8. The molecule has 2 unspecified atom stereocenters. The Bertz CT molecular complexity index is 862. The first kappa shape index (κ1) is 23.1. The average molecular weight is 512 g/mol. The summed E-state index contributed by atoms with van der Waals surface area (Å²) < 4.78 is 13.8. The quantitative estimate of drug-likeness (QED) is 0.272. The standard InChI is InChI=1S/C21H25FN4O2.HI/c1-2-23-21(25-13-19(27)16-8-3-5-9-17(16)22)24-12-14-11-20(28)26-18-10-6-4-7-15(14)18;/h3-10,14,19,27H,2,11-13H2,1H3,(H,26,28)(H2,23,24,25);1H. The number of carbonyl (C=O) groups is 1. The van der Waals surface area contributed by atoms with Crippen molar-refractivity contribution < 1.29 is 14.3 Å². The Kier molecular flexibility index (Phi) is 8.84. The molecule has 0 bridgehead atoms. The van der Waals surface area contributed by atoms with Gasteiger partial charge < -0.3 is 21.1 Å². The van der Waals surface area contributed by atoms with Gasteiger partial charge in [0.25, 0.3) is 0 Å². The summed E-state index contributed by atoms with van der Waals surface area (Å²) in [5.41, 5.74) is 2.14. The number of halogens is 2. The number of rotatable bonds is 6. The number of nitrogens with one attached hydrogen (secondary N) is 3. The molecule has 0 aromatic heterocycles. The van der Waals surface area contributed by atoms with Crippen LogP contribution in [0.3, 0.4) is 0 Å². The summed E-state index contributed by atoms with van der Waals surface area (Å²) in [6.07, 6.45) is -0.640. The normalized spacial score (nSPS) is 16.9. The van der Waals surface area contributed by atoms with E-state index in [4.69, 9.17) is 0 Å². The Hall–Kier alpha value is -2.20. The number of para-hydroxylation sites is 1. The SMILES string of the molecule is CCNC(=NCC(O)c1ccccc1F)NCC1CC(=O)Nc2ccccc21.I. The molecule has 3 rings (SSSR count). The van der Waals surface area contributed by atoms with E-state index in [2.05, 4.69) is 20.9 Å². The molecule has 1 heterocycles. The van der Waals surface area contributed by atoms with Crippen molar-refractivity contribution in [2.75, 3.05) is 25.0 Å². The van der Waals surface area contributed by atoms with E-state index in [1.165, 1.54) is 6.07 Å². The average Bonchev–Trinajstić information content (AvgIpc) is 2.69. The lowest BCUT2D eigenvalue weighted by atomic mass is 9.90. The minimum atomic E-state index is -1.03. The molecule has 2 aromatic rings. The van der Waals surface area contributed by atoms with E-state index in [9.17, 15) is 14.3 Å². The molecule has 0 radical (unpaired) electrons. The van der Waals surface area contributed by atoms with Crippen molar-refractivity contribution in [1.29, 1.82) is 0 Å². The molecule has 0 saturated heterocycles. The fourth-order valence-corrected chi connectivity index (χ4v) is 3.27. The minimum absolute atomic E-state index is 0. The lowest BCUT2D eigenvalue weighted by Crippen LogP contribution is -2.41. The van der Waals surface area contributed by atoms with E-state index in [1.54, 1.807) is 18.2 Å². The minimum Gasteiger partial charge on any atom is -0.386 e. The molecule has 0 aliphatic carbocycles. The fraction of sp³-hybridized carbons (Fsp3) is 0.333. The fourth-order valence-electron chi connectivity index (χ4n) is 3.27. The number of anilines is 1. The van der Waals surface area contributed by atoms with Gasteiger partial charge in [0.1, 0.15) is 11.9 Å². The molecule has 2 aromatic carbocycles. The van der Waals surface area contributed by atoms with Crippen LogP contribution in [0, 0.1) is 5.82 Å². The lowest BCUT2D eigenvalue weighted by Gasteiger charge is -2.26. The molecule has 156 valence electrons. The van der Waals surface area contributed by atoms with Crippen molar-refractivity contribution >= 4 is 41.5 Å². The van der Waals surface area contributed by atoms with E-state index in [0.717, 1.165) is 11.3 Å². The van der Waals surface area contributed by atoms with Crippen LogP contribution in [0.15, 0.2) is 53.5 Å². The third kappa shape index (κ3) is 6.14. The molecular formula is C21H26FIN4O2. The van der Waals surface area contributed by atoms with Gasteiger partial charge in [0.2, 0.25) is 5.91 Å². The van der Waals surface area contributed by atoms with Crippen LogP contribution in [0.1, 0.15) is 36.5 Å². The second-order valence-electron chi connectivity index (χ2n) is 6.67. The van der Waals surface area contributed by atoms with Crippen LogP contribution in [-0.4, -0.2) is 36.6 Å². The number of aliphatic hydroxyl groups is 1. The molecule has 0 fully saturated rings. The Balaban J connectivity index is 0.00000300. The van der Waals surface area contributed by atoms with Gasteiger partial charge in [-0.3, -0.25) is 9.79 Å². The molecule has 1 amide bonds. The number of hydrogen-bond donors (Lipinski definition) is 4. The van der Waals surface area contributed by atoms with Crippen molar-refractivity contribution in [3.8, 4) is 0 Å². The zero-order valence-corrected chi connectivity index (χ0v) is 18.5. The predicted molar refractivity (Wildman–Crippen MR) is 123 cm³/mol. The summed E-state index contributed by atoms with van der Waals surface area (Å²) in [6, 6.07) is 13.9. The first-order valence-electron chi connectivity index (χ1n) is 9.42. The molecule has 8 heteroatoms. The van der Waals surface area contributed by atoms with E-state index < -0.39 is 11.9 Å². The second kappa shape index (κ2) is 11.1. The first-order valence-corrected chi connectivity index (χ1v) is 9.42. The molecule has 1 aliphatic heterocycles. The third-order valence-electron chi connectivity index (χ3n) is 4.65. The van der Waals surface area contributed by atoms with Crippen LogP contribution in [-0.2, 0) is 4.79 Å². The van der Waals surface area contributed by atoms with Gasteiger partial charge in [-0.25, -0.2) is 4.39 Å². The maximum Gasteiger partial charge on any atom is 0.225 e. The Morgan fingerprint density at radius 1 is 1.24 bits per heavy atom. The van der Waals surface area contributed by atoms with Gasteiger partial charge in [0.05, 0.1) is 6.54 Å². The topological polar surface area (TPSA) is 85.8 Å². The van der Waals surface area contributed by atoms with Crippen LogP contribution in [0.2, 0.25) is 0 Å². The van der Waals surface area contributed by atoms with Gasteiger partial charge in [-0.15, -0.1) is 24.0 Å². The smallest absolute Gasteiger partial charge is 0.225 e. The van der Waals surface area contributed by atoms with E-state index in [1.807, 2.05) is 31.2 Å². The number of nitrogens with zero attached hydrogens (tertiary/aromatic N) is 1. The zero-order chi connectivity index (χ0) is 19.9. The van der Waals surface area contributed by atoms with Crippen LogP contribution in [0.25, 0.3) is 0 Å². The van der Waals surface area contributed by atoms with Gasteiger partial charge in [0.15, 0.2) is 5.96 Å². The summed E-state index contributed by atoms with van der Waals surface area (Å²) in [7, 11) is 0. The molecule has 0 spiro atoms. The highest BCUT2D eigenvalue weighted by Crippen LogP contribution is 2.31. The summed E-state index contributed by atoms with van der Waals surface area (Å²) in [5.74, 6) is 0.0713. The second-order valence-corrected chi connectivity index (χ2v) is 6.67. The summed E-state index contributed by atoms with van der Waals surface area (Å²) in [5, 5.41) is 19.5. The van der Waals surface area contributed by atoms with Gasteiger partial charge in [-0.05, 0) is 24.6 Å². The van der Waals surface area contributed by atoms with Crippen LogP contribution >= 0.6 is 24.0 Å². The number of benzene rings is 2. The van der Waals surface area contributed by atoms with Crippen LogP contribution in [0.4, 0.5) is 10.1 Å². The van der Waals surface area contributed by atoms with Gasteiger partial charge in [-0.2, -0.15) is 0 Å². The van der Waals surface area contributed by atoms with Crippen molar-refractivity contribution in [2.45, 2.75) is 25.4 Å².